The SMILES string of the molecule is CCNC(=NCc1ccc(OC)c(O)c1)NC1CCC(C(F)(F)F)CC1. The smallest absolute Gasteiger partial charge is 0.391 e. The van der Waals surface area contributed by atoms with Crippen LogP contribution in [0.4, 0.5) is 13.2 Å². The number of guanidine groups is 1. The van der Waals surface area contributed by atoms with E-state index in [-0.39, 0.29) is 24.6 Å². The molecule has 2 rings (SSSR count). The summed E-state index contributed by atoms with van der Waals surface area (Å²) in [6.45, 7) is 2.92. The predicted octanol–water partition coefficient (Wildman–Crippen LogP) is 3.58. The average molecular weight is 373 g/mol. The molecule has 3 N–H and O–H groups in total. The zero-order chi connectivity index (χ0) is 19.2. The number of nitrogens with zero attached hydrogens (tertiary/aromatic N) is 1. The number of benzene rings is 1. The summed E-state index contributed by atoms with van der Waals surface area (Å²) in [5.41, 5.74) is 0.807. The van der Waals surface area contributed by atoms with Crippen molar-refractivity contribution in [1.82, 2.24) is 10.6 Å². The molecule has 0 heterocycles. The summed E-state index contributed by atoms with van der Waals surface area (Å²) in [6, 6.07) is 5.04. The summed E-state index contributed by atoms with van der Waals surface area (Å²) in [6.07, 6.45) is -2.87. The Morgan fingerprint density at radius 3 is 2.50 bits per heavy atom. The van der Waals surface area contributed by atoms with Crippen LogP contribution < -0.4 is 15.4 Å². The van der Waals surface area contributed by atoms with E-state index < -0.39 is 12.1 Å². The lowest BCUT2D eigenvalue weighted by Gasteiger charge is -2.31. The Balaban J connectivity index is 1.94. The van der Waals surface area contributed by atoms with Crippen molar-refractivity contribution in [3.8, 4) is 11.5 Å². The summed E-state index contributed by atoms with van der Waals surface area (Å²) in [7, 11) is 1.48. The Bertz CT molecular complexity index is 612. The summed E-state index contributed by atoms with van der Waals surface area (Å²) < 4.78 is 43.3. The molecular weight excluding hydrogens is 347 g/mol. The van der Waals surface area contributed by atoms with Gasteiger partial charge in [0.15, 0.2) is 17.5 Å². The van der Waals surface area contributed by atoms with Crippen LogP contribution in [0.1, 0.15) is 38.2 Å². The quantitative estimate of drug-likeness (QED) is 0.545. The number of aliphatic imine (C=N–C) groups is 1. The van der Waals surface area contributed by atoms with Crippen molar-refractivity contribution in [3.63, 3.8) is 0 Å². The summed E-state index contributed by atoms with van der Waals surface area (Å²) in [4.78, 5) is 4.46. The number of rotatable bonds is 5. The van der Waals surface area contributed by atoms with Gasteiger partial charge in [0.1, 0.15) is 0 Å². The number of phenols is 1. The number of hydrogen-bond donors (Lipinski definition) is 3. The molecule has 1 aromatic carbocycles. The predicted molar refractivity (Wildman–Crippen MR) is 94.4 cm³/mol. The zero-order valence-electron chi connectivity index (χ0n) is 15.1. The van der Waals surface area contributed by atoms with E-state index in [1.807, 2.05) is 6.92 Å². The third-order valence-electron chi connectivity index (χ3n) is 4.54. The molecule has 0 saturated heterocycles. The number of nitrogens with one attached hydrogen (secondary N) is 2. The highest BCUT2D eigenvalue weighted by molar-refractivity contribution is 5.80. The number of halogens is 3. The molecule has 1 fully saturated rings. The molecule has 1 aliphatic rings. The fourth-order valence-electron chi connectivity index (χ4n) is 3.08. The maximum Gasteiger partial charge on any atom is 0.391 e. The van der Waals surface area contributed by atoms with Crippen LogP contribution in [-0.4, -0.2) is 36.9 Å². The number of alkyl halides is 3. The number of methoxy groups -OCH3 is 1. The highest BCUT2D eigenvalue weighted by Crippen LogP contribution is 2.37. The topological polar surface area (TPSA) is 65.9 Å². The second-order valence-corrected chi connectivity index (χ2v) is 6.44. The molecule has 0 atom stereocenters. The molecule has 1 saturated carbocycles. The van der Waals surface area contributed by atoms with Gasteiger partial charge in [0.2, 0.25) is 0 Å². The van der Waals surface area contributed by atoms with E-state index >= 15 is 0 Å². The van der Waals surface area contributed by atoms with Crippen molar-refractivity contribution in [2.75, 3.05) is 13.7 Å². The van der Waals surface area contributed by atoms with Crippen molar-refractivity contribution in [1.29, 1.82) is 0 Å². The van der Waals surface area contributed by atoms with E-state index in [9.17, 15) is 18.3 Å². The lowest BCUT2D eigenvalue weighted by molar-refractivity contribution is -0.182. The normalized spacial score (nSPS) is 21.3. The van der Waals surface area contributed by atoms with Crippen LogP contribution in [0.25, 0.3) is 0 Å². The highest BCUT2D eigenvalue weighted by atomic mass is 19.4. The van der Waals surface area contributed by atoms with Crippen molar-refractivity contribution >= 4 is 5.96 Å². The van der Waals surface area contributed by atoms with Gasteiger partial charge in [0, 0.05) is 12.6 Å². The van der Waals surface area contributed by atoms with Crippen molar-refractivity contribution < 1.29 is 23.0 Å². The largest absolute Gasteiger partial charge is 0.504 e. The summed E-state index contributed by atoms with van der Waals surface area (Å²) in [5.74, 6) is -0.187. The molecule has 0 aliphatic heterocycles. The Morgan fingerprint density at radius 2 is 1.96 bits per heavy atom. The first-order chi connectivity index (χ1) is 12.3. The fraction of sp³-hybridized carbons (Fsp3) is 0.611. The minimum atomic E-state index is -4.10. The van der Waals surface area contributed by atoms with Crippen LogP contribution in [0.2, 0.25) is 0 Å². The molecule has 5 nitrogen and oxygen atoms in total. The van der Waals surface area contributed by atoms with Crippen LogP contribution in [0.5, 0.6) is 11.5 Å². The summed E-state index contributed by atoms with van der Waals surface area (Å²) in [5, 5.41) is 16.1. The van der Waals surface area contributed by atoms with Gasteiger partial charge in [-0.2, -0.15) is 13.2 Å². The molecule has 26 heavy (non-hydrogen) atoms. The first-order valence-corrected chi connectivity index (χ1v) is 8.81. The molecule has 0 radical (unpaired) electrons. The Kier molecular flexibility index (Phi) is 6.99. The van der Waals surface area contributed by atoms with E-state index in [4.69, 9.17) is 4.74 Å². The zero-order valence-corrected chi connectivity index (χ0v) is 15.1. The van der Waals surface area contributed by atoms with E-state index in [2.05, 4.69) is 15.6 Å². The molecule has 0 spiro atoms. The van der Waals surface area contributed by atoms with Crippen molar-refractivity contribution in [2.24, 2.45) is 10.9 Å². The van der Waals surface area contributed by atoms with Gasteiger partial charge in [0.25, 0.3) is 0 Å². The van der Waals surface area contributed by atoms with Gasteiger partial charge in [-0.1, -0.05) is 6.07 Å². The minimum Gasteiger partial charge on any atom is -0.504 e. The van der Waals surface area contributed by atoms with Crippen LogP contribution in [0, 0.1) is 5.92 Å². The molecule has 8 heteroatoms. The third-order valence-corrected chi connectivity index (χ3v) is 4.54. The Hall–Kier alpha value is -2.12. The third kappa shape index (κ3) is 5.71. The minimum absolute atomic E-state index is 0.0179. The van der Waals surface area contributed by atoms with Gasteiger partial charge >= 0.3 is 6.18 Å². The van der Waals surface area contributed by atoms with Gasteiger partial charge in [-0.15, -0.1) is 0 Å². The number of hydrogen-bond acceptors (Lipinski definition) is 3. The Morgan fingerprint density at radius 1 is 1.27 bits per heavy atom. The fourth-order valence-corrected chi connectivity index (χ4v) is 3.08. The van der Waals surface area contributed by atoms with Gasteiger partial charge in [-0.25, -0.2) is 4.99 Å². The standard InChI is InChI=1S/C18H26F3N3O2/c1-3-22-17(23-11-12-4-9-16(26-2)15(25)10-12)24-14-7-5-13(6-8-14)18(19,20)21/h4,9-10,13-14,25H,3,5-8,11H2,1-2H3,(H2,22,23,24). The van der Waals surface area contributed by atoms with E-state index in [1.165, 1.54) is 7.11 Å². The number of ether oxygens (including phenoxy) is 1. The van der Waals surface area contributed by atoms with Crippen LogP contribution in [-0.2, 0) is 6.54 Å². The van der Waals surface area contributed by atoms with Crippen LogP contribution in [0.15, 0.2) is 23.2 Å². The molecule has 1 aliphatic carbocycles. The molecule has 0 bridgehead atoms. The van der Waals surface area contributed by atoms with E-state index in [0.717, 1.165) is 5.56 Å². The monoisotopic (exact) mass is 373 g/mol. The molecule has 0 unspecified atom stereocenters. The molecular formula is C18H26F3N3O2. The number of aromatic hydroxyl groups is 1. The lowest BCUT2D eigenvalue weighted by Crippen LogP contribution is -2.45. The lowest BCUT2D eigenvalue weighted by atomic mass is 9.85. The van der Waals surface area contributed by atoms with Gasteiger partial charge in [-0.3, -0.25) is 0 Å². The van der Waals surface area contributed by atoms with Gasteiger partial charge in [0.05, 0.1) is 19.6 Å². The first kappa shape index (κ1) is 20.2. The van der Waals surface area contributed by atoms with Crippen LogP contribution in [0.3, 0.4) is 0 Å². The maximum atomic E-state index is 12.8. The second-order valence-electron chi connectivity index (χ2n) is 6.44. The molecule has 146 valence electrons. The second kappa shape index (κ2) is 9.00. The highest BCUT2D eigenvalue weighted by Gasteiger charge is 2.41. The number of phenolic OH excluding ortho intramolecular Hbond substituents is 1. The average Bonchev–Trinajstić information content (AvgIpc) is 2.59. The molecule has 1 aromatic rings. The van der Waals surface area contributed by atoms with E-state index in [1.54, 1.807) is 18.2 Å². The van der Waals surface area contributed by atoms with Crippen molar-refractivity contribution in [2.45, 2.75) is 51.4 Å². The maximum absolute atomic E-state index is 12.8. The van der Waals surface area contributed by atoms with Gasteiger partial charge in [-0.05, 0) is 50.3 Å². The van der Waals surface area contributed by atoms with Crippen molar-refractivity contribution in [3.05, 3.63) is 23.8 Å². The van der Waals surface area contributed by atoms with Gasteiger partial charge < -0.3 is 20.5 Å². The first-order valence-electron chi connectivity index (χ1n) is 8.81. The summed E-state index contributed by atoms with van der Waals surface area (Å²) >= 11 is 0. The van der Waals surface area contributed by atoms with E-state index in [0.29, 0.717) is 37.6 Å². The van der Waals surface area contributed by atoms with Crippen LogP contribution >= 0.6 is 0 Å². The Labute approximate surface area is 151 Å². The molecule has 0 amide bonds. The molecule has 0 aromatic heterocycles.